The smallest absolute Gasteiger partial charge is 0.0922 e. The highest BCUT2D eigenvalue weighted by Gasteiger charge is 2.48. The van der Waals surface area contributed by atoms with Crippen molar-refractivity contribution in [2.75, 3.05) is 0 Å². The molecular weight excluding hydrogens is 340 g/mol. The Labute approximate surface area is 161 Å². The van der Waals surface area contributed by atoms with Crippen LogP contribution in [-0.2, 0) is 27.2 Å². The van der Waals surface area contributed by atoms with E-state index >= 15 is 0 Å². The van der Waals surface area contributed by atoms with E-state index in [9.17, 15) is 9.32 Å². The Kier molecular flexibility index (Phi) is 4.25. The summed E-state index contributed by atoms with van der Waals surface area (Å²) in [6, 6.07) is 4.68. The monoisotopic (exact) mass is 374 g/mol. The van der Waals surface area contributed by atoms with E-state index in [-0.39, 0.29) is 21.3 Å². The highest BCUT2D eigenvalue weighted by Crippen LogP contribution is 2.50. The lowest BCUT2D eigenvalue weighted by molar-refractivity contribution is 0.00577. The molecule has 2 atom stereocenters. The van der Waals surface area contributed by atoms with Crippen LogP contribution in [0.25, 0.3) is 0 Å². The van der Waals surface area contributed by atoms with Crippen LogP contribution in [0.1, 0.15) is 94.9 Å². The van der Waals surface area contributed by atoms with Gasteiger partial charge in [0.2, 0.25) is 0 Å². The minimum Gasteiger partial charge on any atom is -0.385 e. The Morgan fingerprint density at radius 3 is 1.96 bits per heavy atom. The van der Waals surface area contributed by atoms with Crippen molar-refractivity contribution in [3.05, 3.63) is 34.4 Å². The quantitative estimate of drug-likeness (QED) is 0.751. The summed E-state index contributed by atoms with van der Waals surface area (Å²) in [5.74, 6) is 0. The average Bonchev–Trinajstić information content (AvgIpc) is 2.53. The molecule has 2 unspecified atom stereocenters. The van der Waals surface area contributed by atoms with Crippen LogP contribution in [0.2, 0.25) is 0 Å². The van der Waals surface area contributed by atoms with Gasteiger partial charge in [-0.2, -0.15) is 0 Å². The molecule has 0 radical (unpaired) electrons. The summed E-state index contributed by atoms with van der Waals surface area (Å²) in [5, 5.41) is 12.1. The highest BCUT2D eigenvalue weighted by molar-refractivity contribution is 7.86. The molecule has 2 fully saturated rings. The van der Waals surface area contributed by atoms with Crippen molar-refractivity contribution < 1.29 is 9.32 Å². The van der Waals surface area contributed by atoms with Crippen molar-refractivity contribution in [2.24, 2.45) is 0 Å². The number of aryl methyl sites for hydroxylation is 1. The van der Waals surface area contributed by atoms with E-state index in [2.05, 4.69) is 46.8 Å². The SMILES string of the molecule is Cc1cc2c(cc1C1(O)CC3CCCC(C1)S3=O)C(C)(C)CCC2(C)C. The zero-order valence-electron chi connectivity index (χ0n) is 17.0. The normalized spacial score (nSPS) is 37.8. The first-order valence-corrected chi connectivity index (χ1v) is 11.6. The highest BCUT2D eigenvalue weighted by atomic mass is 32.2. The van der Waals surface area contributed by atoms with Crippen molar-refractivity contribution >= 4 is 10.8 Å². The molecule has 0 amide bonds. The van der Waals surface area contributed by atoms with Crippen molar-refractivity contribution in [1.29, 1.82) is 0 Å². The largest absolute Gasteiger partial charge is 0.385 e. The molecule has 2 heterocycles. The zero-order valence-corrected chi connectivity index (χ0v) is 17.8. The molecular formula is C23H34O2S. The summed E-state index contributed by atoms with van der Waals surface area (Å²) in [4.78, 5) is 0. The van der Waals surface area contributed by atoms with E-state index in [4.69, 9.17) is 0 Å². The van der Waals surface area contributed by atoms with E-state index < -0.39 is 16.4 Å². The van der Waals surface area contributed by atoms with Crippen LogP contribution in [0.15, 0.2) is 12.1 Å². The first kappa shape index (κ1) is 18.7. The summed E-state index contributed by atoms with van der Waals surface area (Å²) < 4.78 is 12.6. The molecule has 0 saturated carbocycles. The lowest BCUT2D eigenvalue weighted by atomic mass is 9.62. The third-order valence-corrected chi connectivity index (χ3v) is 9.66. The predicted octanol–water partition coefficient (Wildman–Crippen LogP) is 5.00. The number of aliphatic hydroxyl groups is 1. The van der Waals surface area contributed by atoms with Crippen LogP contribution in [0.4, 0.5) is 0 Å². The third-order valence-electron chi connectivity index (χ3n) is 7.54. The van der Waals surface area contributed by atoms with Gasteiger partial charge in [0.15, 0.2) is 0 Å². The van der Waals surface area contributed by atoms with Gasteiger partial charge in [-0.05, 0) is 78.5 Å². The average molecular weight is 375 g/mol. The molecule has 1 aliphatic carbocycles. The van der Waals surface area contributed by atoms with E-state index in [0.29, 0.717) is 12.8 Å². The second-order valence-corrected chi connectivity index (χ2v) is 12.4. The second kappa shape index (κ2) is 5.91. The third kappa shape index (κ3) is 2.81. The molecule has 0 aromatic heterocycles. The Bertz CT molecular complexity index is 746. The molecule has 2 nitrogen and oxygen atoms in total. The number of hydrogen-bond acceptors (Lipinski definition) is 2. The van der Waals surface area contributed by atoms with Crippen LogP contribution in [-0.4, -0.2) is 19.8 Å². The van der Waals surface area contributed by atoms with Crippen molar-refractivity contribution in [1.82, 2.24) is 0 Å². The molecule has 3 heteroatoms. The van der Waals surface area contributed by atoms with E-state index in [0.717, 1.165) is 18.4 Å². The topological polar surface area (TPSA) is 37.3 Å². The maximum atomic E-state index is 12.6. The van der Waals surface area contributed by atoms with Crippen LogP contribution in [0, 0.1) is 6.92 Å². The minimum atomic E-state index is -0.805. The molecule has 4 rings (SSSR count). The standard InChI is InChI=1S/C23H34O2S/c1-15-11-19-20(22(4,5)10-9-21(19,2)3)12-18(15)23(24)13-16-7-6-8-17(14-23)26(16)25/h11-12,16-17,24H,6-10,13-14H2,1-5H3. The summed E-state index contributed by atoms with van der Waals surface area (Å²) >= 11 is 0. The van der Waals surface area contributed by atoms with Gasteiger partial charge < -0.3 is 5.11 Å². The van der Waals surface area contributed by atoms with Gasteiger partial charge in [0, 0.05) is 21.3 Å². The lowest BCUT2D eigenvalue weighted by Crippen LogP contribution is -2.48. The fourth-order valence-corrected chi connectivity index (χ4v) is 7.95. The lowest BCUT2D eigenvalue weighted by Gasteiger charge is -2.46. The van der Waals surface area contributed by atoms with Crippen molar-refractivity contribution in [3.63, 3.8) is 0 Å². The second-order valence-electron chi connectivity index (χ2n) is 10.4. The van der Waals surface area contributed by atoms with Gasteiger partial charge in [-0.15, -0.1) is 0 Å². The first-order chi connectivity index (χ1) is 12.0. The van der Waals surface area contributed by atoms with Crippen LogP contribution < -0.4 is 0 Å². The Morgan fingerprint density at radius 2 is 1.42 bits per heavy atom. The minimum absolute atomic E-state index is 0.150. The fraction of sp³-hybridized carbons (Fsp3) is 0.739. The summed E-state index contributed by atoms with van der Waals surface area (Å²) in [7, 11) is -0.753. The van der Waals surface area contributed by atoms with E-state index in [1.165, 1.54) is 36.0 Å². The Hall–Kier alpha value is -0.670. The molecule has 2 saturated heterocycles. The molecule has 3 aliphatic rings. The molecule has 2 bridgehead atoms. The molecule has 2 aliphatic heterocycles. The number of benzene rings is 1. The molecule has 1 N–H and O–H groups in total. The Morgan fingerprint density at radius 1 is 0.923 bits per heavy atom. The van der Waals surface area contributed by atoms with E-state index in [1.54, 1.807) is 0 Å². The molecule has 26 heavy (non-hydrogen) atoms. The van der Waals surface area contributed by atoms with Gasteiger partial charge in [-0.25, -0.2) is 0 Å². The van der Waals surface area contributed by atoms with Crippen LogP contribution in [0.3, 0.4) is 0 Å². The van der Waals surface area contributed by atoms with Gasteiger partial charge in [0.1, 0.15) is 0 Å². The molecule has 0 spiro atoms. The zero-order chi connectivity index (χ0) is 18.9. The van der Waals surface area contributed by atoms with Gasteiger partial charge in [0.25, 0.3) is 0 Å². The van der Waals surface area contributed by atoms with Crippen LogP contribution >= 0.6 is 0 Å². The predicted molar refractivity (Wildman–Crippen MR) is 109 cm³/mol. The fourth-order valence-electron chi connectivity index (χ4n) is 5.73. The number of hydrogen-bond donors (Lipinski definition) is 1. The summed E-state index contributed by atoms with van der Waals surface area (Å²) in [6.07, 6.45) is 6.91. The summed E-state index contributed by atoms with van der Waals surface area (Å²) in [6.45, 7) is 11.5. The molecule has 1 aromatic carbocycles. The van der Waals surface area contributed by atoms with Gasteiger partial charge >= 0.3 is 0 Å². The number of rotatable bonds is 1. The maximum absolute atomic E-state index is 12.6. The van der Waals surface area contributed by atoms with E-state index in [1.807, 2.05) is 0 Å². The maximum Gasteiger partial charge on any atom is 0.0922 e. The van der Waals surface area contributed by atoms with Gasteiger partial charge in [-0.1, -0.05) is 46.2 Å². The molecule has 1 aromatic rings. The van der Waals surface area contributed by atoms with Crippen LogP contribution in [0.5, 0.6) is 0 Å². The van der Waals surface area contributed by atoms with Gasteiger partial charge in [-0.3, -0.25) is 4.21 Å². The summed E-state index contributed by atoms with van der Waals surface area (Å²) in [5.41, 5.74) is 4.73. The molecule has 144 valence electrons. The number of fused-ring (bicyclic) bond motifs is 3. The van der Waals surface area contributed by atoms with Crippen molar-refractivity contribution in [3.8, 4) is 0 Å². The van der Waals surface area contributed by atoms with Crippen molar-refractivity contribution in [2.45, 2.75) is 106 Å². The van der Waals surface area contributed by atoms with Gasteiger partial charge in [0.05, 0.1) is 5.60 Å². The first-order valence-electron chi connectivity index (χ1n) is 10.3. The Balaban J connectivity index is 1.82.